The van der Waals surface area contributed by atoms with Gasteiger partial charge in [0.05, 0.1) is 0 Å². The van der Waals surface area contributed by atoms with Gasteiger partial charge in [-0.25, -0.2) is 0 Å². The van der Waals surface area contributed by atoms with Gasteiger partial charge in [0.2, 0.25) is 0 Å². The van der Waals surface area contributed by atoms with Crippen LogP contribution in [0.5, 0.6) is 0 Å². The summed E-state index contributed by atoms with van der Waals surface area (Å²) >= 11 is 6.55. The van der Waals surface area contributed by atoms with E-state index in [4.69, 9.17) is 11.6 Å². The molecule has 3 heteroatoms. The fourth-order valence-electron chi connectivity index (χ4n) is 3.19. The van der Waals surface area contributed by atoms with E-state index in [0.717, 1.165) is 35.5 Å². The molecule has 1 saturated heterocycles. The van der Waals surface area contributed by atoms with Crippen LogP contribution < -0.4 is 4.90 Å². The van der Waals surface area contributed by atoms with Crippen molar-refractivity contribution in [3.63, 3.8) is 0 Å². The molecule has 22 heavy (non-hydrogen) atoms. The number of hydrogen-bond donors (Lipinski definition) is 0. The summed E-state index contributed by atoms with van der Waals surface area (Å²) < 4.78 is 0. The maximum Gasteiger partial charge on any atom is 0.120 e. The van der Waals surface area contributed by atoms with E-state index >= 15 is 0 Å². The van der Waals surface area contributed by atoms with Crippen LogP contribution in [-0.2, 0) is 4.79 Å². The van der Waals surface area contributed by atoms with Crippen molar-refractivity contribution in [3.8, 4) is 0 Å². The SMILES string of the molecule is O=CC[C@@H](c1ccccc1)c1ccc(N2CCCC2)cc1Cl. The Labute approximate surface area is 136 Å². The summed E-state index contributed by atoms with van der Waals surface area (Å²) in [5, 5.41) is 0.750. The summed E-state index contributed by atoms with van der Waals surface area (Å²) in [5.74, 6) is 0.0267. The molecule has 1 aliphatic heterocycles. The molecule has 2 aromatic rings. The Balaban J connectivity index is 1.92. The lowest BCUT2D eigenvalue weighted by Gasteiger charge is -2.21. The number of hydrogen-bond acceptors (Lipinski definition) is 2. The Kier molecular flexibility index (Phi) is 4.79. The highest BCUT2D eigenvalue weighted by Gasteiger charge is 2.19. The van der Waals surface area contributed by atoms with E-state index in [9.17, 15) is 4.79 Å². The zero-order valence-electron chi connectivity index (χ0n) is 12.5. The van der Waals surface area contributed by atoms with Gasteiger partial charge in [0, 0.05) is 36.1 Å². The average molecular weight is 314 g/mol. The summed E-state index contributed by atoms with van der Waals surface area (Å²) in [6.45, 7) is 2.21. The zero-order chi connectivity index (χ0) is 15.4. The van der Waals surface area contributed by atoms with E-state index in [0.29, 0.717) is 6.42 Å². The molecule has 114 valence electrons. The molecule has 0 saturated carbocycles. The molecule has 0 spiro atoms. The lowest BCUT2D eigenvalue weighted by molar-refractivity contribution is -0.108. The summed E-state index contributed by atoms with van der Waals surface area (Å²) in [6.07, 6.45) is 3.92. The van der Waals surface area contributed by atoms with Crippen molar-refractivity contribution in [1.29, 1.82) is 0 Å². The number of carbonyl (C=O) groups is 1. The Morgan fingerprint density at radius 2 is 1.82 bits per heavy atom. The fourth-order valence-corrected chi connectivity index (χ4v) is 3.50. The normalized spacial score (nSPS) is 15.8. The van der Waals surface area contributed by atoms with Gasteiger partial charge in [0.1, 0.15) is 6.29 Å². The Hall–Kier alpha value is -1.80. The van der Waals surface area contributed by atoms with Crippen LogP contribution in [0.4, 0.5) is 5.69 Å². The second-order valence-electron chi connectivity index (χ2n) is 5.77. The van der Waals surface area contributed by atoms with E-state index in [1.165, 1.54) is 18.5 Å². The van der Waals surface area contributed by atoms with Crippen molar-refractivity contribution in [3.05, 3.63) is 64.7 Å². The van der Waals surface area contributed by atoms with Gasteiger partial charge in [0.15, 0.2) is 0 Å². The van der Waals surface area contributed by atoms with Gasteiger partial charge < -0.3 is 9.69 Å². The van der Waals surface area contributed by atoms with Crippen LogP contribution in [0.1, 0.15) is 36.3 Å². The molecule has 2 nitrogen and oxygen atoms in total. The predicted octanol–water partition coefficient (Wildman–Crippen LogP) is 4.66. The highest BCUT2D eigenvalue weighted by Crippen LogP contribution is 2.35. The molecule has 1 heterocycles. The molecule has 0 aromatic heterocycles. The number of carbonyl (C=O) groups excluding carboxylic acids is 1. The summed E-state index contributed by atoms with van der Waals surface area (Å²) in [4.78, 5) is 13.5. The third kappa shape index (κ3) is 3.17. The summed E-state index contributed by atoms with van der Waals surface area (Å²) in [6, 6.07) is 16.4. The molecule has 0 unspecified atom stereocenters. The molecule has 3 rings (SSSR count). The fraction of sp³-hybridized carbons (Fsp3) is 0.316. The highest BCUT2D eigenvalue weighted by atomic mass is 35.5. The van der Waals surface area contributed by atoms with Gasteiger partial charge in [-0.05, 0) is 36.1 Å². The van der Waals surface area contributed by atoms with Gasteiger partial charge in [-0.15, -0.1) is 0 Å². The van der Waals surface area contributed by atoms with Crippen LogP contribution in [0.2, 0.25) is 5.02 Å². The van der Waals surface area contributed by atoms with Gasteiger partial charge >= 0.3 is 0 Å². The Morgan fingerprint density at radius 3 is 2.45 bits per heavy atom. The quantitative estimate of drug-likeness (QED) is 0.748. The van der Waals surface area contributed by atoms with Crippen LogP contribution in [0.3, 0.4) is 0 Å². The van der Waals surface area contributed by atoms with E-state index in [2.05, 4.69) is 29.2 Å². The number of rotatable bonds is 5. The van der Waals surface area contributed by atoms with Crippen molar-refractivity contribution in [2.24, 2.45) is 0 Å². The molecule has 0 bridgehead atoms. The van der Waals surface area contributed by atoms with Crippen molar-refractivity contribution in [2.75, 3.05) is 18.0 Å². The first-order valence-corrected chi connectivity index (χ1v) is 8.20. The minimum absolute atomic E-state index is 0.0267. The molecule has 1 atom stereocenters. The second kappa shape index (κ2) is 6.97. The van der Waals surface area contributed by atoms with Gasteiger partial charge in [-0.1, -0.05) is 48.0 Å². The van der Waals surface area contributed by atoms with Gasteiger partial charge in [-0.3, -0.25) is 0 Å². The smallest absolute Gasteiger partial charge is 0.120 e. The number of aldehydes is 1. The number of benzene rings is 2. The molecule has 2 aromatic carbocycles. The first kappa shape index (κ1) is 15.1. The first-order valence-electron chi connectivity index (χ1n) is 7.82. The molecular weight excluding hydrogens is 294 g/mol. The molecule has 1 fully saturated rings. The number of nitrogens with zero attached hydrogens (tertiary/aromatic N) is 1. The van der Waals surface area contributed by atoms with E-state index in [-0.39, 0.29) is 5.92 Å². The predicted molar refractivity (Wildman–Crippen MR) is 91.9 cm³/mol. The average Bonchev–Trinajstić information content (AvgIpc) is 3.08. The molecule has 0 amide bonds. The van der Waals surface area contributed by atoms with Gasteiger partial charge in [-0.2, -0.15) is 0 Å². The third-order valence-corrected chi connectivity index (χ3v) is 4.69. The number of anilines is 1. The minimum atomic E-state index is 0.0267. The van der Waals surface area contributed by atoms with E-state index in [1.807, 2.05) is 24.3 Å². The van der Waals surface area contributed by atoms with Crippen LogP contribution in [0.25, 0.3) is 0 Å². The second-order valence-corrected chi connectivity index (χ2v) is 6.17. The molecule has 0 radical (unpaired) electrons. The first-order chi connectivity index (χ1) is 10.8. The van der Waals surface area contributed by atoms with Crippen LogP contribution in [-0.4, -0.2) is 19.4 Å². The zero-order valence-corrected chi connectivity index (χ0v) is 13.3. The third-order valence-electron chi connectivity index (χ3n) is 4.36. The topological polar surface area (TPSA) is 20.3 Å². The maximum atomic E-state index is 11.1. The Bertz CT molecular complexity index is 635. The molecule has 1 aliphatic rings. The molecular formula is C19H20ClNO. The van der Waals surface area contributed by atoms with Crippen molar-refractivity contribution < 1.29 is 4.79 Å². The van der Waals surface area contributed by atoms with Crippen molar-refractivity contribution >= 4 is 23.6 Å². The molecule has 0 aliphatic carbocycles. The van der Waals surface area contributed by atoms with Crippen LogP contribution in [0.15, 0.2) is 48.5 Å². The maximum absolute atomic E-state index is 11.1. The number of halogens is 1. The van der Waals surface area contributed by atoms with Crippen LogP contribution in [0, 0.1) is 0 Å². The standard InChI is InChI=1S/C19H20ClNO/c20-19-14-16(21-11-4-5-12-21)8-9-18(19)17(10-13-22)15-6-2-1-3-7-15/h1-3,6-9,13-14,17H,4-5,10-12H2/t17-/m0/s1. The van der Waals surface area contributed by atoms with Gasteiger partial charge in [0.25, 0.3) is 0 Å². The van der Waals surface area contributed by atoms with Crippen molar-refractivity contribution in [1.82, 2.24) is 0 Å². The summed E-state index contributed by atoms with van der Waals surface area (Å²) in [7, 11) is 0. The summed E-state index contributed by atoms with van der Waals surface area (Å²) in [5.41, 5.74) is 3.34. The van der Waals surface area contributed by atoms with Crippen molar-refractivity contribution in [2.45, 2.75) is 25.2 Å². The highest BCUT2D eigenvalue weighted by molar-refractivity contribution is 6.31. The lowest BCUT2D eigenvalue weighted by Crippen LogP contribution is -2.17. The van der Waals surface area contributed by atoms with E-state index in [1.54, 1.807) is 0 Å². The Morgan fingerprint density at radius 1 is 1.09 bits per heavy atom. The van der Waals surface area contributed by atoms with E-state index < -0.39 is 0 Å². The monoisotopic (exact) mass is 313 g/mol. The lowest BCUT2D eigenvalue weighted by atomic mass is 9.89. The molecule has 0 N–H and O–H groups in total. The van der Waals surface area contributed by atoms with Crippen LogP contribution >= 0.6 is 11.6 Å². The largest absolute Gasteiger partial charge is 0.371 e. The minimum Gasteiger partial charge on any atom is -0.371 e.